The summed E-state index contributed by atoms with van der Waals surface area (Å²) in [6.45, 7) is 0.0253. The first-order valence-electron chi connectivity index (χ1n) is 7.03. The number of carboxylic acid groups (broad SMARTS) is 1. The Morgan fingerprint density at radius 2 is 1.92 bits per heavy atom. The van der Waals surface area contributed by atoms with Gasteiger partial charge in [-0.1, -0.05) is 11.6 Å². The molecular formula is C13H17ClN4O6S. The molecule has 0 radical (unpaired) electrons. The van der Waals surface area contributed by atoms with Crippen molar-refractivity contribution < 1.29 is 27.9 Å². The number of hydrogen-bond acceptors (Lipinski definition) is 7. The molecule has 0 spiro atoms. The van der Waals surface area contributed by atoms with Gasteiger partial charge in [-0.25, -0.2) is 13.1 Å². The first-order valence-corrected chi connectivity index (χ1v) is 8.90. The van der Waals surface area contributed by atoms with E-state index in [-0.39, 0.29) is 35.7 Å². The number of rotatable bonds is 9. The Kier molecular flexibility index (Phi) is 7.74. The van der Waals surface area contributed by atoms with Crippen LogP contribution in [-0.2, 0) is 24.4 Å². The van der Waals surface area contributed by atoms with Crippen LogP contribution in [0.3, 0.4) is 0 Å². The number of pyridine rings is 1. The van der Waals surface area contributed by atoms with Crippen molar-refractivity contribution in [3.05, 3.63) is 23.5 Å². The molecule has 0 aliphatic heterocycles. The van der Waals surface area contributed by atoms with Crippen LogP contribution in [0.4, 0.5) is 0 Å². The van der Waals surface area contributed by atoms with Crippen molar-refractivity contribution in [2.75, 3.05) is 6.54 Å². The molecule has 1 aromatic heterocycles. The summed E-state index contributed by atoms with van der Waals surface area (Å²) in [4.78, 5) is 37.0. The Hall–Kier alpha value is -2.24. The second-order valence-corrected chi connectivity index (χ2v) is 6.98. The largest absolute Gasteiger partial charge is 0.480 e. The molecule has 12 heteroatoms. The van der Waals surface area contributed by atoms with Gasteiger partial charge in [-0.05, 0) is 12.5 Å². The van der Waals surface area contributed by atoms with Gasteiger partial charge in [0.15, 0.2) is 0 Å². The van der Waals surface area contributed by atoms with Crippen LogP contribution >= 0.6 is 11.6 Å². The van der Waals surface area contributed by atoms with Crippen LogP contribution in [0, 0.1) is 0 Å². The Labute approximate surface area is 148 Å². The summed E-state index contributed by atoms with van der Waals surface area (Å²) < 4.78 is 25.8. The van der Waals surface area contributed by atoms with Gasteiger partial charge in [-0.3, -0.25) is 19.4 Å². The smallest absolute Gasteiger partial charge is 0.320 e. The molecular weight excluding hydrogens is 376 g/mol. The van der Waals surface area contributed by atoms with E-state index < -0.39 is 33.8 Å². The molecule has 0 aliphatic carbocycles. The molecule has 1 aromatic rings. The van der Waals surface area contributed by atoms with Crippen LogP contribution in [0.1, 0.15) is 19.3 Å². The van der Waals surface area contributed by atoms with Crippen LogP contribution in [-0.4, -0.2) is 48.9 Å². The molecule has 2 amide bonds. The zero-order valence-corrected chi connectivity index (χ0v) is 14.5. The van der Waals surface area contributed by atoms with Crippen molar-refractivity contribution in [1.82, 2.24) is 15.0 Å². The molecule has 0 aromatic carbocycles. The average Bonchev–Trinajstić information content (AvgIpc) is 2.52. The van der Waals surface area contributed by atoms with E-state index in [0.29, 0.717) is 0 Å². The highest BCUT2D eigenvalue weighted by atomic mass is 35.5. The third-order valence-electron chi connectivity index (χ3n) is 2.95. The first kappa shape index (κ1) is 20.8. The van der Waals surface area contributed by atoms with E-state index in [4.69, 9.17) is 22.4 Å². The lowest BCUT2D eigenvalue weighted by atomic mass is 10.2. The predicted octanol–water partition coefficient (Wildman–Crippen LogP) is -0.762. The van der Waals surface area contributed by atoms with Gasteiger partial charge in [0.2, 0.25) is 11.8 Å². The number of carbonyl (C=O) groups is 3. The van der Waals surface area contributed by atoms with Gasteiger partial charge in [0, 0.05) is 31.8 Å². The summed E-state index contributed by atoms with van der Waals surface area (Å²) >= 11 is 5.74. The molecule has 0 saturated carbocycles. The fourth-order valence-corrected chi connectivity index (χ4v) is 3.07. The van der Waals surface area contributed by atoms with Crippen LogP contribution in [0.2, 0.25) is 5.02 Å². The van der Waals surface area contributed by atoms with E-state index >= 15 is 0 Å². The number of aromatic nitrogens is 1. The number of carbonyl (C=O) groups excluding carboxylic acids is 2. The number of nitrogens with zero attached hydrogens (tertiary/aromatic N) is 1. The van der Waals surface area contributed by atoms with Gasteiger partial charge in [0.1, 0.15) is 10.9 Å². The van der Waals surface area contributed by atoms with Gasteiger partial charge in [-0.2, -0.15) is 0 Å². The first-order chi connectivity index (χ1) is 11.6. The number of hydrogen-bond donors (Lipinski definition) is 4. The van der Waals surface area contributed by atoms with E-state index in [2.05, 4.69) is 10.3 Å². The lowest BCUT2D eigenvalue weighted by Crippen LogP contribution is -2.36. The Balaban J connectivity index is 2.43. The number of nitrogens with one attached hydrogen (secondary N) is 2. The highest BCUT2D eigenvalue weighted by Gasteiger charge is 2.21. The number of sulfonamides is 1. The van der Waals surface area contributed by atoms with Crippen LogP contribution in [0.5, 0.6) is 0 Å². The lowest BCUT2D eigenvalue weighted by molar-refractivity contribution is -0.138. The summed E-state index contributed by atoms with van der Waals surface area (Å²) in [6.07, 6.45) is 1.67. The van der Waals surface area contributed by atoms with Crippen LogP contribution < -0.4 is 15.8 Å². The standard InChI is InChI=1S/C13H17ClN4O6S/c14-8-3-5-16-7-10(8)25(23,24)18-12(20)2-1-11(19)17-6-4-9(15)13(21)22/h3,5,7,9H,1-2,4,6,15H2,(H,17,19)(H,18,20)(H,21,22). The molecule has 1 heterocycles. The zero-order chi connectivity index (χ0) is 19.0. The summed E-state index contributed by atoms with van der Waals surface area (Å²) in [6, 6.07) is 0.161. The fraction of sp³-hybridized carbons (Fsp3) is 0.385. The van der Waals surface area contributed by atoms with Gasteiger partial charge in [0.05, 0.1) is 5.02 Å². The van der Waals surface area contributed by atoms with E-state index in [1.54, 1.807) is 4.72 Å². The Morgan fingerprint density at radius 3 is 2.52 bits per heavy atom. The highest BCUT2D eigenvalue weighted by molar-refractivity contribution is 7.90. The minimum absolute atomic E-state index is 0.0253. The maximum absolute atomic E-state index is 12.0. The molecule has 0 saturated heterocycles. The molecule has 1 atom stereocenters. The SMILES string of the molecule is NC(CCNC(=O)CCC(=O)NS(=O)(=O)c1cnccc1Cl)C(=O)O. The summed E-state index contributed by atoms with van der Waals surface area (Å²) in [5.74, 6) is -2.62. The molecule has 0 bridgehead atoms. The van der Waals surface area contributed by atoms with E-state index in [1.165, 1.54) is 12.3 Å². The Morgan fingerprint density at radius 1 is 1.28 bits per heavy atom. The van der Waals surface area contributed by atoms with E-state index in [9.17, 15) is 22.8 Å². The molecule has 138 valence electrons. The quantitative estimate of drug-likeness (QED) is 0.425. The monoisotopic (exact) mass is 392 g/mol. The molecule has 10 nitrogen and oxygen atoms in total. The highest BCUT2D eigenvalue weighted by Crippen LogP contribution is 2.18. The van der Waals surface area contributed by atoms with Crippen molar-refractivity contribution in [1.29, 1.82) is 0 Å². The topological polar surface area (TPSA) is 169 Å². The number of aliphatic carboxylic acids is 1. The van der Waals surface area contributed by atoms with Crippen molar-refractivity contribution >= 4 is 39.4 Å². The van der Waals surface area contributed by atoms with Crippen molar-refractivity contribution in [2.24, 2.45) is 5.73 Å². The molecule has 1 rings (SSSR count). The number of amides is 2. The predicted molar refractivity (Wildman–Crippen MR) is 87.0 cm³/mol. The van der Waals surface area contributed by atoms with E-state index in [1.807, 2.05) is 0 Å². The minimum Gasteiger partial charge on any atom is -0.480 e. The van der Waals surface area contributed by atoms with Crippen LogP contribution in [0.25, 0.3) is 0 Å². The minimum atomic E-state index is -4.18. The molecule has 0 aliphatic rings. The zero-order valence-electron chi connectivity index (χ0n) is 12.9. The lowest BCUT2D eigenvalue weighted by Gasteiger charge is -2.09. The van der Waals surface area contributed by atoms with Crippen molar-refractivity contribution in [2.45, 2.75) is 30.2 Å². The third-order valence-corrected chi connectivity index (χ3v) is 4.79. The van der Waals surface area contributed by atoms with Gasteiger partial charge >= 0.3 is 5.97 Å². The van der Waals surface area contributed by atoms with Gasteiger partial charge in [-0.15, -0.1) is 0 Å². The van der Waals surface area contributed by atoms with Gasteiger partial charge < -0.3 is 16.2 Å². The molecule has 1 unspecified atom stereocenters. The Bertz CT molecular complexity index is 755. The molecule has 5 N–H and O–H groups in total. The molecule has 25 heavy (non-hydrogen) atoms. The van der Waals surface area contributed by atoms with Crippen molar-refractivity contribution in [3.63, 3.8) is 0 Å². The third kappa shape index (κ3) is 7.03. The average molecular weight is 393 g/mol. The summed E-state index contributed by atoms with van der Waals surface area (Å²) in [5.41, 5.74) is 5.26. The second kappa shape index (κ2) is 9.30. The normalized spacial score (nSPS) is 12.2. The summed E-state index contributed by atoms with van der Waals surface area (Å²) in [7, 11) is -4.18. The second-order valence-electron chi connectivity index (χ2n) is 4.92. The van der Waals surface area contributed by atoms with Gasteiger partial charge in [0.25, 0.3) is 10.0 Å². The number of halogens is 1. The summed E-state index contributed by atoms with van der Waals surface area (Å²) in [5, 5.41) is 10.9. The number of nitrogens with two attached hydrogens (primary N) is 1. The van der Waals surface area contributed by atoms with Crippen LogP contribution in [0.15, 0.2) is 23.4 Å². The fourth-order valence-electron chi connectivity index (χ4n) is 1.62. The van der Waals surface area contributed by atoms with Crippen molar-refractivity contribution in [3.8, 4) is 0 Å². The maximum atomic E-state index is 12.0. The number of carboxylic acids is 1. The maximum Gasteiger partial charge on any atom is 0.320 e. The molecule has 0 fully saturated rings. The van der Waals surface area contributed by atoms with E-state index in [0.717, 1.165) is 6.20 Å².